The molecule has 0 spiro atoms. The maximum Gasteiger partial charge on any atom is 0.238 e. The predicted molar refractivity (Wildman–Crippen MR) is 76.9 cm³/mol. The molecule has 0 aliphatic carbocycles. The summed E-state index contributed by atoms with van der Waals surface area (Å²) in [6.07, 6.45) is 2.42. The van der Waals surface area contributed by atoms with E-state index in [9.17, 15) is 4.79 Å². The van der Waals surface area contributed by atoms with Crippen LogP contribution in [0.15, 0.2) is 40.9 Å². The molecule has 2 aromatic rings. The molecule has 6 heteroatoms. The summed E-state index contributed by atoms with van der Waals surface area (Å²) in [7, 11) is 0. The first-order valence-corrected chi connectivity index (χ1v) is 6.97. The van der Waals surface area contributed by atoms with Crippen LogP contribution in [0.4, 0.5) is 0 Å². The zero-order valence-electron chi connectivity index (χ0n) is 11.8. The van der Waals surface area contributed by atoms with Crippen molar-refractivity contribution in [3.05, 3.63) is 53.7 Å². The van der Waals surface area contributed by atoms with Crippen LogP contribution in [0.2, 0.25) is 0 Å². The van der Waals surface area contributed by atoms with E-state index in [0.717, 1.165) is 17.2 Å². The molecule has 2 atom stereocenters. The summed E-state index contributed by atoms with van der Waals surface area (Å²) >= 11 is 0. The zero-order valence-corrected chi connectivity index (χ0v) is 11.8. The summed E-state index contributed by atoms with van der Waals surface area (Å²) in [5, 5.41) is 2.87. The minimum Gasteiger partial charge on any atom is -0.465 e. The molecule has 2 unspecified atom stereocenters. The molecule has 1 fully saturated rings. The number of hydrazine groups is 1. The molecule has 0 aromatic carbocycles. The van der Waals surface area contributed by atoms with E-state index in [0.29, 0.717) is 13.0 Å². The molecule has 1 saturated heterocycles. The Morgan fingerprint density at radius 1 is 1.38 bits per heavy atom. The van der Waals surface area contributed by atoms with Crippen LogP contribution in [0, 0.1) is 6.92 Å². The molecule has 21 heavy (non-hydrogen) atoms. The Morgan fingerprint density at radius 2 is 2.29 bits per heavy atom. The third-order valence-electron chi connectivity index (χ3n) is 3.50. The van der Waals surface area contributed by atoms with Crippen LogP contribution in [0.1, 0.15) is 29.7 Å². The third kappa shape index (κ3) is 3.29. The highest BCUT2D eigenvalue weighted by atomic mass is 16.3. The monoisotopic (exact) mass is 286 g/mol. The Hall–Kier alpha value is -2.18. The lowest BCUT2D eigenvalue weighted by atomic mass is 10.1. The molecule has 1 amide bonds. The summed E-state index contributed by atoms with van der Waals surface area (Å²) in [6, 6.07) is 9.30. The van der Waals surface area contributed by atoms with Crippen LogP contribution < -0.4 is 16.2 Å². The van der Waals surface area contributed by atoms with E-state index >= 15 is 0 Å². The molecule has 1 aliphatic rings. The molecule has 6 nitrogen and oxygen atoms in total. The fourth-order valence-electron chi connectivity index (χ4n) is 2.38. The average molecular weight is 286 g/mol. The number of pyridine rings is 1. The van der Waals surface area contributed by atoms with Crippen LogP contribution in [0.5, 0.6) is 0 Å². The molecular formula is C15H18N4O2. The summed E-state index contributed by atoms with van der Waals surface area (Å²) in [5.41, 5.74) is 7.06. The number of aromatic nitrogens is 1. The number of carbonyl (C=O) groups is 1. The van der Waals surface area contributed by atoms with Gasteiger partial charge in [-0.3, -0.25) is 9.78 Å². The van der Waals surface area contributed by atoms with E-state index in [2.05, 4.69) is 21.2 Å². The number of hydrogen-bond acceptors (Lipinski definition) is 5. The van der Waals surface area contributed by atoms with Crippen molar-refractivity contribution in [2.24, 2.45) is 0 Å². The van der Waals surface area contributed by atoms with E-state index in [-0.39, 0.29) is 18.0 Å². The van der Waals surface area contributed by atoms with Gasteiger partial charge in [0.05, 0.1) is 18.3 Å². The van der Waals surface area contributed by atoms with Crippen molar-refractivity contribution in [3.63, 3.8) is 0 Å². The second-order valence-corrected chi connectivity index (χ2v) is 5.11. The highest BCUT2D eigenvalue weighted by Gasteiger charge is 2.30. The summed E-state index contributed by atoms with van der Waals surface area (Å²) in [6.45, 7) is 2.28. The van der Waals surface area contributed by atoms with Gasteiger partial charge in [-0.15, -0.1) is 0 Å². The standard InChI is InChI=1S/C15H18N4O2/c1-10-5-6-11(21-10)9-17-15(20)14-8-13(18-19-14)12-4-2-3-7-16-12/h2-7,13-14,18-19H,8-9H2,1H3,(H,17,20). The Labute approximate surface area is 122 Å². The second-order valence-electron chi connectivity index (χ2n) is 5.11. The van der Waals surface area contributed by atoms with Gasteiger partial charge in [-0.25, -0.2) is 10.9 Å². The molecule has 110 valence electrons. The Morgan fingerprint density at radius 3 is 3.00 bits per heavy atom. The van der Waals surface area contributed by atoms with E-state index < -0.39 is 0 Å². The van der Waals surface area contributed by atoms with E-state index in [1.807, 2.05) is 37.3 Å². The Balaban J connectivity index is 1.52. The van der Waals surface area contributed by atoms with Crippen LogP contribution in [0.3, 0.4) is 0 Å². The number of hydrogen-bond donors (Lipinski definition) is 3. The van der Waals surface area contributed by atoms with E-state index in [4.69, 9.17) is 4.42 Å². The van der Waals surface area contributed by atoms with Gasteiger partial charge in [-0.1, -0.05) is 6.07 Å². The van der Waals surface area contributed by atoms with Crippen LogP contribution in [0.25, 0.3) is 0 Å². The summed E-state index contributed by atoms with van der Waals surface area (Å²) < 4.78 is 5.43. The summed E-state index contributed by atoms with van der Waals surface area (Å²) in [4.78, 5) is 16.4. The molecule has 3 heterocycles. The number of nitrogens with one attached hydrogen (secondary N) is 3. The van der Waals surface area contributed by atoms with Gasteiger partial charge in [0.25, 0.3) is 0 Å². The normalized spacial score (nSPS) is 21.4. The number of carbonyl (C=O) groups excluding carboxylic acids is 1. The molecule has 0 radical (unpaired) electrons. The Kier molecular flexibility index (Phi) is 3.98. The van der Waals surface area contributed by atoms with Crippen molar-refractivity contribution >= 4 is 5.91 Å². The van der Waals surface area contributed by atoms with Gasteiger partial charge in [-0.2, -0.15) is 0 Å². The minimum absolute atomic E-state index is 0.0463. The zero-order chi connectivity index (χ0) is 14.7. The topological polar surface area (TPSA) is 79.2 Å². The van der Waals surface area contributed by atoms with Crippen LogP contribution in [-0.2, 0) is 11.3 Å². The van der Waals surface area contributed by atoms with Crippen molar-refractivity contribution in [3.8, 4) is 0 Å². The van der Waals surface area contributed by atoms with Gasteiger partial charge in [0.1, 0.15) is 17.6 Å². The van der Waals surface area contributed by atoms with E-state index in [1.54, 1.807) is 6.20 Å². The predicted octanol–water partition coefficient (Wildman–Crippen LogP) is 1.21. The average Bonchev–Trinajstić information content (AvgIpc) is 3.15. The van der Waals surface area contributed by atoms with Gasteiger partial charge < -0.3 is 9.73 Å². The lowest BCUT2D eigenvalue weighted by Gasteiger charge is -2.09. The van der Waals surface area contributed by atoms with Gasteiger partial charge in [0.2, 0.25) is 5.91 Å². The molecule has 1 aliphatic heterocycles. The number of rotatable bonds is 4. The molecular weight excluding hydrogens is 268 g/mol. The first-order chi connectivity index (χ1) is 10.2. The molecule has 3 rings (SSSR count). The largest absolute Gasteiger partial charge is 0.465 e. The number of nitrogens with zero attached hydrogens (tertiary/aromatic N) is 1. The maximum atomic E-state index is 12.1. The molecule has 0 saturated carbocycles. The number of furan rings is 1. The third-order valence-corrected chi connectivity index (χ3v) is 3.50. The van der Waals surface area contributed by atoms with Gasteiger partial charge >= 0.3 is 0 Å². The van der Waals surface area contributed by atoms with Crippen molar-refractivity contribution in [1.82, 2.24) is 21.2 Å². The second kappa shape index (κ2) is 6.07. The van der Waals surface area contributed by atoms with Crippen molar-refractivity contribution in [2.75, 3.05) is 0 Å². The van der Waals surface area contributed by atoms with Crippen LogP contribution in [-0.4, -0.2) is 16.9 Å². The van der Waals surface area contributed by atoms with Gasteiger partial charge in [0, 0.05) is 6.20 Å². The van der Waals surface area contributed by atoms with Gasteiger partial charge in [-0.05, 0) is 37.6 Å². The summed E-state index contributed by atoms with van der Waals surface area (Å²) in [5.74, 6) is 1.55. The van der Waals surface area contributed by atoms with Crippen molar-refractivity contribution < 1.29 is 9.21 Å². The highest BCUT2D eigenvalue weighted by Crippen LogP contribution is 2.20. The number of amides is 1. The quantitative estimate of drug-likeness (QED) is 0.787. The first-order valence-electron chi connectivity index (χ1n) is 6.97. The Bertz CT molecular complexity index is 611. The smallest absolute Gasteiger partial charge is 0.238 e. The minimum atomic E-state index is -0.270. The van der Waals surface area contributed by atoms with Crippen molar-refractivity contribution in [2.45, 2.75) is 32.0 Å². The molecule has 0 bridgehead atoms. The molecule has 2 aromatic heterocycles. The molecule has 3 N–H and O–H groups in total. The van der Waals surface area contributed by atoms with Gasteiger partial charge in [0.15, 0.2) is 0 Å². The lowest BCUT2D eigenvalue weighted by Crippen LogP contribution is -2.42. The SMILES string of the molecule is Cc1ccc(CNC(=O)C2CC(c3ccccn3)NN2)o1. The lowest BCUT2D eigenvalue weighted by molar-refractivity contribution is -0.123. The van der Waals surface area contributed by atoms with Crippen LogP contribution >= 0.6 is 0 Å². The van der Waals surface area contributed by atoms with E-state index in [1.165, 1.54) is 0 Å². The highest BCUT2D eigenvalue weighted by molar-refractivity contribution is 5.82. The number of aryl methyl sites for hydroxylation is 1. The fraction of sp³-hybridized carbons (Fsp3) is 0.333. The fourth-order valence-corrected chi connectivity index (χ4v) is 2.38. The maximum absolute atomic E-state index is 12.1. The first kappa shape index (κ1) is 13.8. The van der Waals surface area contributed by atoms with Crippen molar-refractivity contribution in [1.29, 1.82) is 0 Å².